The van der Waals surface area contributed by atoms with E-state index >= 15 is 0 Å². The summed E-state index contributed by atoms with van der Waals surface area (Å²) >= 11 is 1.66. The maximum absolute atomic E-state index is 12.0. The summed E-state index contributed by atoms with van der Waals surface area (Å²) < 4.78 is 5.37. The predicted octanol–water partition coefficient (Wildman–Crippen LogP) is 4.17. The van der Waals surface area contributed by atoms with Gasteiger partial charge in [0.25, 0.3) is 0 Å². The van der Waals surface area contributed by atoms with E-state index in [-0.39, 0.29) is 11.8 Å². The van der Waals surface area contributed by atoms with E-state index in [1.54, 1.807) is 25.1 Å². The van der Waals surface area contributed by atoms with Gasteiger partial charge in [0.2, 0.25) is 0 Å². The van der Waals surface area contributed by atoms with Gasteiger partial charge in [0.1, 0.15) is 10.8 Å². The zero-order valence-electron chi connectivity index (χ0n) is 18.9. The van der Waals surface area contributed by atoms with E-state index in [1.807, 2.05) is 36.5 Å². The third-order valence-electron chi connectivity index (χ3n) is 6.42. The van der Waals surface area contributed by atoms with Crippen LogP contribution in [-0.4, -0.2) is 63.7 Å². The molecule has 0 bridgehead atoms. The van der Waals surface area contributed by atoms with Gasteiger partial charge in [-0.05, 0) is 80.1 Å². The Morgan fingerprint density at radius 1 is 1.27 bits per heavy atom. The second-order valence-corrected chi connectivity index (χ2v) is 9.57. The fourth-order valence-corrected chi connectivity index (χ4v) is 5.46. The van der Waals surface area contributed by atoms with Crippen LogP contribution in [0.1, 0.15) is 24.8 Å². The number of nitrogens with zero attached hydrogens (tertiary/aromatic N) is 4. The fourth-order valence-electron chi connectivity index (χ4n) is 4.62. The molecule has 2 aromatic heterocycles. The highest BCUT2D eigenvalue weighted by molar-refractivity contribution is 7.99. The lowest BCUT2D eigenvalue weighted by Gasteiger charge is -2.36. The minimum absolute atomic E-state index is 0.217. The number of carboxylic acid groups (broad SMARTS) is 1. The van der Waals surface area contributed by atoms with Crippen LogP contribution < -0.4 is 4.74 Å². The number of hydrogen-bond acceptors (Lipinski definition) is 7. The zero-order valence-corrected chi connectivity index (χ0v) is 19.7. The average Bonchev–Trinajstić information content (AvgIpc) is 2.85. The molecule has 0 radical (unpaired) electrons. The number of fused-ring (bicyclic) bond motifs is 1. The molecule has 7 nitrogen and oxygen atoms in total. The van der Waals surface area contributed by atoms with E-state index in [9.17, 15) is 9.90 Å². The first kappa shape index (κ1) is 23.4. The van der Waals surface area contributed by atoms with Crippen molar-refractivity contribution in [2.45, 2.75) is 30.7 Å². The number of carbonyl (C=O) groups is 1. The summed E-state index contributed by atoms with van der Waals surface area (Å²) in [6.45, 7) is 2.43. The maximum atomic E-state index is 12.0. The third-order valence-corrected chi connectivity index (χ3v) is 7.32. The lowest BCUT2D eigenvalue weighted by Crippen LogP contribution is -2.44. The highest BCUT2D eigenvalue weighted by Gasteiger charge is 2.33. The number of likely N-dealkylation sites (tertiary alicyclic amines) is 1. The second-order valence-electron chi connectivity index (χ2n) is 8.45. The largest absolute Gasteiger partial charge is 0.497 e. The minimum Gasteiger partial charge on any atom is -0.497 e. The van der Waals surface area contributed by atoms with Crippen molar-refractivity contribution < 1.29 is 14.6 Å². The molecule has 0 spiro atoms. The molecular formula is C25H30N4O3S. The van der Waals surface area contributed by atoms with Crippen LogP contribution in [0.5, 0.6) is 5.75 Å². The molecular weight excluding hydrogens is 436 g/mol. The van der Waals surface area contributed by atoms with E-state index in [4.69, 9.17) is 4.74 Å². The molecule has 2 atom stereocenters. The first-order chi connectivity index (χ1) is 16.1. The molecule has 8 heteroatoms. The van der Waals surface area contributed by atoms with Gasteiger partial charge in [0, 0.05) is 36.6 Å². The summed E-state index contributed by atoms with van der Waals surface area (Å²) in [7, 11) is 1.67. The Bertz CT molecular complexity index is 1070. The number of carboxylic acids is 1. The van der Waals surface area contributed by atoms with Crippen LogP contribution in [-0.2, 0) is 11.2 Å². The summed E-state index contributed by atoms with van der Waals surface area (Å²) in [5.74, 6) is 0.940. The number of rotatable bonds is 10. The monoisotopic (exact) mass is 466 g/mol. The lowest BCUT2D eigenvalue weighted by molar-refractivity contribution is -0.146. The summed E-state index contributed by atoms with van der Waals surface area (Å²) in [6, 6.07) is 11.8. The molecule has 1 aromatic carbocycles. The normalized spacial score (nSPS) is 18.9. The van der Waals surface area contributed by atoms with E-state index < -0.39 is 5.97 Å². The standard InChI is InChI=1S/C25H30N4O3S/c1-32-20-7-8-23-21(16-20)18(9-12-26-23)4-2-5-19-10-13-29(17-22(19)25(30)31)14-15-33-24-6-3-11-27-28-24/h3,6-9,11-12,16,19,22H,2,4-5,10,13-15,17H2,1H3,(H,30,31)/t19-,22+/m1/s1. The molecule has 33 heavy (non-hydrogen) atoms. The molecule has 1 saturated heterocycles. The van der Waals surface area contributed by atoms with Crippen LogP contribution in [0.3, 0.4) is 0 Å². The van der Waals surface area contributed by atoms with Crippen LogP contribution in [0, 0.1) is 11.8 Å². The Kier molecular flexibility index (Phi) is 8.12. The molecule has 0 saturated carbocycles. The minimum atomic E-state index is -0.676. The Balaban J connectivity index is 1.29. The number of piperidine rings is 1. The molecule has 0 aliphatic carbocycles. The SMILES string of the molecule is COc1ccc2nccc(CCC[C@@H]3CCN(CCSc4cccnn4)C[C@@H]3C(=O)O)c2c1. The number of methoxy groups -OCH3 is 1. The van der Waals surface area contributed by atoms with Crippen LogP contribution in [0.4, 0.5) is 0 Å². The van der Waals surface area contributed by atoms with Gasteiger partial charge in [0.05, 0.1) is 18.5 Å². The van der Waals surface area contributed by atoms with E-state index in [2.05, 4.69) is 26.1 Å². The molecule has 0 unspecified atom stereocenters. The molecule has 1 N–H and O–H groups in total. The van der Waals surface area contributed by atoms with Crippen molar-refractivity contribution in [2.24, 2.45) is 11.8 Å². The molecule has 1 fully saturated rings. The summed E-state index contributed by atoms with van der Waals surface area (Å²) in [6.07, 6.45) is 7.24. The molecule has 3 heterocycles. The summed E-state index contributed by atoms with van der Waals surface area (Å²) in [5, 5.41) is 19.9. The maximum Gasteiger partial charge on any atom is 0.308 e. The number of aromatic nitrogens is 3. The number of aryl methyl sites for hydroxylation is 1. The van der Waals surface area contributed by atoms with Crippen molar-refractivity contribution in [2.75, 3.05) is 32.5 Å². The molecule has 0 amide bonds. The summed E-state index contributed by atoms with van der Waals surface area (Å²) in [4.78, 5) is 18.7. The third kappa shape index (κ3) is 6.21. The number of thioether (sulfide) groups is 1. The van der Waals surface area contributed by atoms with Crippen molar-refractivity contribution in [3.63, 3.8) is 0 Å². The van der Waals surface area contributed by atoms with E-state index in [0.717, 1.165) is 66.2 Å². The summed E-state index contributed by atoms with van der Waals surface area (Å²) in [5.41, 5.74) is 2.20. The number of hydrogen-bond donors (Lipinski definition) is 1. The van der Waals surface area contributed by atoms with Gasteiger partial charge in [-0.3, -0.25) is 9.78 Å². The van der Waals surface area contributed by atoms with Crippen molar-refractivity contribution in [3.05, 3.63) is 54.4 Å². The van der Waals surface area contributed by atoms with Crippen molar-refractivity contribution >= 4 is 28.6 Å². The van der Waals surface area contributed by atoms with Gasteiger partial charge >= 0.3 is 5.97 Å². The fraction of sp³-hybridized carbons (Fsp3) is 0.440. The molecule has 1 aliphatic heterocycles. The van der Waals surface area contributed by atoms with Gasteiger partial charge in [-0.25, -0.2) is 0 Å². The number of benzene rings is 1. The second kappa shape index (κ2) is 11.4. The predicted molar refractivity (Wildman–Crippen MR) is 130 cm³/mol. The van der Waals surface area contributed by atoms with Crippen LogP contribution in [0.15, 0.2) is 53.8 Å². The topological polar surface area (TPSA) is 88.4 Å². The van der Waals surface area contributed by atoms with Gasteiger partial charge in [-0.1, -0.05) is 0 Å². The first-order valence-corrected chi connectivity index (χ1v) is 12.4. The Labute approximate surface area is 198 Å². The van der Waals surface area contributed by atoms with Crippen LogP contribution >= 0.6 is 11.8 Å². The lowest BCUT2D eigenvalue weighted by atomic mass is 9.81. The van der Waals surface area contributed by atoms with Gasteiger partial charge in [-0.2, -0.15) is 5.10 Å². The van der Waals surface area contributed by atoms with Crippen LogP contribution in [0.2, 0.25) is 0 Å². The van der Waals surface area contributed by atoms with Gasteiger partial charge in [-0.15, -0.1) is 16.9 Å². The van der Waals surface area contributed by atoms with Crippen molar-refractivity contribution in [1.29, 1.82) is 0 Å². The van der Waals surface area contributed by atoms with Gasteiger partial charge in [0.15, 0.2) is 0 Å². The van der Waals surface area contributed by atoms with Crippen LogP contribution in [0.25, 0.3) is 10.9 Å². The molecule has 1 aliphatic rings. The quantitative estimate of drug-likeness (QED) is 0.446. The number of aliphatic carboxylic acids is 1. The molecule has 4 rings (SSSR count). The zero-order chi connectivity index (χ0) is 23.0. The van der Waals surface area contributed by atoms with E-state index in [0.29, 0.717) is 6.54 Å². The first-order valence-electron chi connectivity index (χ1n) is 11.4. The number of pyridine rings is 1. The Morgan fingerprint density at radius 2 is 2.18 bits per heavy atom. The Morgan fingerprint density at radius 3 is 2.97 bits per heavy atom. The highest BCUT2D eigenvalue weighted by atomic mass is 32.2. The smallest absolute Gasteiger partial charge is 0.308 e. The van der Waals surface area contributed by atoms with Crippen molar-refractivity contribution in [1.82, 2.24) is 20.1 Å². The molecule has 3 aromatic rings. The van der Waals surface area contributed by atoms with Crippen molar-refractivity contribution in [3.8, 4) is 5.75 Å². The molecule has 174 valence electrons. The number of ether oxygens (including phenoxy) is 1. The van der Waals surface area contributed by atoms with Gasteiger partial charge < -0.3 is 14.7 Å². The highest BCUT2D eigenvalue weighted by Crippen LogP contribution is 2.30. The van der Waals surface area contributed by atoms with E-state index in [1.165, 1.54) is 5.56 Å². The Hall–Kier alpha value is -2.71. The average molecular weight is 467 g/mol.